The van der Waals surface area contributed by atoms with E-state index in [2.05, 4.69) is 15.9 Å². The molecule has 1 rings (SSSR count). The Bertz CT molecular complexity index is 354. The second-order valence-electron chi connectivity index (χ2n) is 3.65. The number of rotatable bonds is 5. The maximum absolute atomic E-state index is 12.0. The Morgan fingerprint density at radius 2 is 2.31 bits per heavy atom. The molecule has 1 heterocycles. The lowest BCUT2D eigenvalue weighted by Gasteiger charge is -2.19. The zero-order valence-corrected chi connectivity index (χ0v) is 12.1. The van der Waals surface area contributed by atoms with Crippen molar-refractivity contribution in [2.24, 2.45) is 0 Å². The van der Waals surface area contributed by atoms with Crippen molar-refractivity contribution in [3.8, 4) is 0 Å². The SMILES string of the molecule is COCC(Br)CN(C)C(=O)c1ccc(C)s1. The topological polar surface area (TPSA) is 29.5 Å². The van der Waals surface area contributed by atoms with Gasteiger partial charge in [-0.25, -0.2) is 0 Å². The highest BCUT2D eigenvalue weighted by atomic mass is 79.9. The maximum atomic E-state index is 12.0. The average Bonchev–Trinajstić information content (AvgIpc) is 2.64. The van der Waals surface area contributed by atoms with Crippen LogP contribution in [-0.2, 0) is 4.74 Å². The predicted octanol–water partition coefficient (Wildman–Crippen LogP) is 2.54. The fraction of sp³-hybridized carbons (Fsp3) is 0.545. The highest BCUT2D eigenvalue weighted by Crippen LogP contribution is 2.17. The number of ether oxygens (including phenoxy) is 1. The molecule has 0 radical (unpaired) electrons. The fourth-order valence-corrected chi connectivity index (χ4v) is 2.91. The summed E-state index contributed by atoms with van der Waals surface area (Å²) in [6, 6.07) is 3.84. The molecule has 1 unspecified atom stereocenters. The first kappa shape index (κ1) is 13.7. The number of hydrogen-bond donors (Lipinski definition) is 0. The molecule has 16 heavy (non-hydrogen) atoms. The van der Waals surface area contributed by atoms with Crippen molar-refractivity contribution < 1.29 is 9.53 Å². The molecular formula is C11H16BrNO2S. The van der Waals surface area contributed by atoms with Crippen LogP contribution in [0.5, 0.6) is 0 Å². The lowest BCUT2D eigenvalue weighted by Crippen LogP contribution is -2.33. The Hall–Kier alpha value is -0.390. The third-order valence-electron chi connectivity index (χ3n) is 2.12. The van der Waals surface area contributed by atoms with Crippen molar-refractivity contribution in [3.05, 3.63) is 21.9 Å². The quantitative estimate of drug-likeness (QED) is 0.782. The normalized spacial score (nSPS) is 12.5. The van der Waals surface area contributed by atoms with Gasteiger partial charge in [0.15, 0.2) is 0 Å². The van der Waals surface area contributed by atoms with Crippen LogP contribution in [0.3, 0.4) is 0 Å². The monoisotopic (exact) mass is 305 g/mol. The van der Waals surface area contributed by atoms with Gasteiger partial charge in [-0.05, 0) is 19.1 Å². The highest BCUT2D eigenvalue weighted by Gasteiger charge is 2.16. The van der Waals surface area contributed by atoms with E-state index in [0.29, 0.717) is 13.2 Å². The number of thiophene rings is 1. The molecule has 0 fully saturated rings. The standard InChI is InChI=1S/C11H16BrNO2S/c1-8-4-5-10(16-8)11(14)13(2)6-9(12)7-15-3/h4-5,9H,6-7H2,1-3H3. The Kier molecular flexibility index (Phi) is 5.44. The number of aryl methyl sites for hydroxylation is 1. The van der Waals surface area contributed by atoms with E-state index < -0.39 is 0 Å². The van der Waals surface area contributed by atoms with Crippen LogP contribution >= 0.6 is 27.3 Å². The summed E-state index contributed by atoms with van der Waals surface area (Å²) in [4.78, 5) is 15.8. The van der Waals surface area contributed by atoms with Crippen molar-refractivity contribution in [1.29, 1.82) is 0 Å². The van der Waals surface area contributed by atoms with Gasteiger partial charge in [0.2, 0.25) is 0 Å². The molecule has 90 valence electrons. The van der Waals surface area contributed by atoms with Crippen LogP contribution in [0.15, 0.2) is 12.1 Å². The molecule has 0 aliphatic rings. The zero-order valence-electron chi connectivity index (χ0n) is 9.70. The van der Waals surface area contributed by atoms with Gasteiger partial charge in [0.1, 0.15) is 0 Å². The van der Waals surface area contributed by atoms with Gasteiger partial charge in [-0.3, -0.25) is 4.79 Å². The van der Waals surface area contributed by atoms with Crippen LogP contribution in [0.1, 0.15) is 14.5 Å². The van der Waals surface area contributed by atoms with E-state index in [9.17, 15) is 4.79 Å². The summed E-state index contributed by atoms with van der Waals surface area (Å²) >= 11 is 5.00. The Morgan fingerprint density at radius 1 is 1.62 bits per heavy atom. The second-order valence-corrected chi connectivity index (χ2v) is 6.23. The molecule has 3 nitrogen and oxygen atoms in total. The summed E-state index contributed by atoms with van der Waals surface area (Å²) in [5.41, 5.74) is 0. The highest BCUT2D eigenvalue weighted by molar-refractivity contribution is 9.09. The molecule has 5 heteroatoms. The molecular weight excluding hydrogens is 290 g/mol. The number of carbonyl (C=O) groups is 1. The van der Waals surface area contributed by atoms with Crippen LogP contribution in [-0.4, -0.2) is 42.9 Å². The van der Waals surface area contributed by atoms with Crippen LogP contribution in [0.2, 0.25) is 0 Å². The number of hydrogen-bond acceptors (Lipinski definition) is 3. The molecule has 1 amide bonds. The largest absolute Gasteiger partial charge is 0.383 e. The van der Waals surface area contributed by atoms with Crippen molar-refractivity contribution in [3.63, 3.8) is 0 Å². The number of carbonyl (C=O) groups excluding carboxylic acids is 1. The molecule has 1 aromatic rings. The van der Waals surface area contributed by atoms with Gasteiger partial charge in [0.05, 0.1) is 16.3 Å². The van der Waals surface area contributed by atoms with Crippen molar-refractivity contribution >= 4 is 33.2 Å². The zero-order chi connectivity index (χ0) is 12.1. The molecule has 0 aliphatic heterocycles. The first-order valence-electron chi connectivity index (χ1n) is 4.99. The van der Waals surface area contributed by atoms with Crippen LogP contribution in [0.4, 0.5) is 0 Å². The van der Waals surface area contributed by atoms with Gasteiger partial charge >= 0.3 is 0 Å². The molecule has 0 saturated heterocycles. The number of halogens is 1. The number of amides is 1. The summed E-state index contributed by atoms with van der Waals surface area (Å²) in [7, 11) is 3.46. The molecule has 0 bridgehead atoms. The first-order valence-corrected chi connectivity index (χ1v) is 6.72. The lowest BCUT2D eigenvalue weighted by atomic mass is 10.3. The Morgan fingerprint density at radius 3 is 2.81 bits per heavy atom. The van der Waals surface area contributed by atoms with E-state index in [0.717, 1.165) is 9.75 Å². The van der Waals surface area contributed by atoms with Gasteiger partial charge in [-0.1, -0.05) is 15.9 Å². The molecule has 0 saturated carbocycles. The van der Waals surface area contributed by atoms with E-state index in [1.165, 1.54) is 11.3 Å². The van der Waals surface area contributed by atoms with Crippen LogP contribution < -0.4 is 0 Å². The van der Waals surface area contributed by atoms with Gasteiger partial charge in [0, 0.05) is 25.6 Å². The third-order valence-corrected chi connectivity index (χ3v) is 3.66. The second kappa shape index (κ2) is 6.37. The minimum atomic E-state index is 0.0682. The molecule has 1 atom stereocenters. The van der Waals surface area contributed by atoms with Crippen molar-refractivity contribution in [2.75, 3.05) is 27.3 Å². The van der Waals surface area contributed by atoms with E-state index in [1.807, 2.05) is 19.1 Å². The van der Waals surface area contributed by atoms with Crippen molar-refractivity contribution in [2.45, 2.75) is 11.8 Å². The van der Waals surface area contributed by atoms with Crippen molar-refractivity contribution in [1.82, 2.24) is 4.90 Å². The summed E-state index contributed by atoms with van der Waals surface area (Å²) < 4.78 is 5.01. The first-order chi connectivity index (χ1) is 7.54. The molecule has 0 spiro atoms. The van der Waals surface area contributed by atoms with E-state index >= 15 is 0 Å². The molecule has 0 N–H and O–H groups in total. The predicted molar refractivity (Wildman–Crippen MR) is 70.6 cm³/mol. The summed E-state index contributed by atoms with van der Waals surface area (Å²) in [6.07, 6.45) is 0. The van der Waals surface area contributed by atoms with E-state index in [-0.39, 0.29) is 10.7 Å². The average molecular weight is 306 g/mol. The summed E-state index contributed by atoms with van der Waals surface area (Å²) in [6.45, 7) is 3.24. The minimum absolute atomic E-state index is 0.0682. The molecule has 0 aliphatic carbocycles. The number of methoxy groups -OCH3 is 1. The molecule has 0 aromatic carbocycles. The van der Waals surface area contributed by atoms with Gasteiger partial charge in [-0.15, -0.1) is 11.3 Å². The minimum Gasteiger partial charge on any atom is -0.383 e. The third kappa shape index (κ3) is 3.88. The van der Waals surface area contributed by atoms with E-state index in [4.69, 9.17) is 4.74 Å². The van der Waals surface area contributed by atoms with Gasteiger partial charge in [-0.2, -0.15) is 0 Å². The maximum Gasteiger partial charge on any atom is 0.263 e. The van der Waals surface area contributed by atoms with E-state index in [1.54, 1.807) is 19.1 Å². The van der Waals surface area contributed by atoms with Gasteiger partial charge < -0.3 is 9.64 Å². The summed E-state index contributed by atoms with van der Waals surface area (Å²) in [5.74, 6) is 0.0682. The fourth-order valence-electron chi connectivity index (χ4n) is 1.35. The number of alkyl halides is 1. The van der Waals surface area contributed by atoms with Crippen LogP contribution in [0.25, 0.3) is 0 Å². The Labute approximate surface area is 109 Å². The van der Waals surface area contributed by atoms with Crippen LogP contribution in [0, 0.1) is 6.92 Å². The lowest BCUT2D eigenvalue weighted by molar-refractivity contribution is 0.0789. The number of nitrogens with zero attached hydrogens (tertiary/aromatic N) is 1. The molecule has 1 aromatic heterocycles. The summed E-state index contributed by atoms with van der Waals surface area (Å²) in [5, 5.41) is 0. The van der Waals surface area contributed by atoms with Gasteiger partial charge in [0.25, 0.3) is 5.91 Å². The smallest absolute Gasteiger partial charge is 0.263 e. The Balaban J connectivity index is 2.54.